The number of carbonyl (C=O) groups is 1. The Hall–Kier alpha value is -2.13. The van der Waals surface area contributed by atoms with Crippen molar-refractivity contribution >= 4 is 11.6 Å². The SMILES string of the molecule is CNC(=O)c1ccc(N)cc1OC(C(F)(F)F)C(F)(F)F. The molecule has 0 saturated heterocycles. The van der Waals surface area contributed by atoms with E-state index in [1.807, 2.05) is 0 Å². The normalized spacial score (nSPS) is 12.4. The highest BCUT2D eigenvalue weighted by atomic mass is 19.4. The summed E-state index contributed by atoms with van der Waals surface area (Å²) in [6.07, 6.45) is -15.4. The number of hydrogen-bond acceptors (Lipinski definition) is 3. The van der Waals surface area contributed by atoms with Gasteiger partial charge in [-0.3, -0.25) is 4.79 Å². The predicted octanol–water partition coefficient (Wildman–Crippen LogP) is 2.50. The summed E-state index contributed by atoms with van der Waals surface area (Å²) in [4.78, 5) is 11.4. The fourth-order valence-electron chi connectivity index (χ4n) is 1.40. The van der Waals surface area contributed by atoms with Crippen molar-refractivity contribution in [1.82, 2.24) is 5.32 Å². The van der Waals surface area contributed by atoms with E-state index in [0.29, 0.717) is 0 Å². The number of amides is 1. The highest BCUT2D eigenvalue weighted by molar-refractivity contribution is 5.97. The Balaban J connectivity index is 3.26. The topological polar surface area (TPSA) is 64.4 Å². The molecule has 3 N–H and O–H groups in total. The van der Waals surface area contributed by atoms with E-state index in [2.05, 4.69) is 10.1 Å². The lowest BCUT2D eigenvalue weighted by Gasteiger charge is -2.24. The van der Waals surface area contributed by atoms with E-state index in [4.69, 9.17) is 5.73 Å². The number of nitrogens with one attached hydrogen (secondary N) is 1. The number of anilines is 1. The highest BCUT2D eigenvalue weighted by Crippen LogP contribution is 2.37. The van der Waals surface area contributed by atoms with Crippen molar-refractivity contribution in [2.24, 2.45) is 0 Å². The van der Waals surface area contributed by atoms with Gasteiger partial charge in [-0.2, -0.15) is 26.3 Å². The fraction of sp³-hybridized carbons (Fsp3) is 0.364. The number of carbonyl (C=O) groups excluding carboxylic acids is 1. The van der Waals surface area contributed by atoms with E-state index < -0.39 is 35.7 Å². The number of nitrogens with two attached hydrogens (primary N) is 1. The predicted molar refractivity (Wildman–Crippen MR) is 60.8 cm³/mol. The molecule has 1 aromatic rings. The third-order valence-electron chi connectivity index (χ3n) is 2.32. The molecule has 0 spiro atoms. The summed E-state index contributed by atoms with van der Waals surface area (Å²) in [6, 6.07) is 2.83. The van der Waals surface area contributed by atoms with Crippen LogP contribution in [-0.4, -0.2) is 31.4 Å². The van der Waals surface area contributed by atoms with Crippen LogP contribution in [0.25, 0.3) is 0 Å². The lowest BCUT2D eigenvalue weighted by Crippen LogP contribution is -2.46. The summed E-state index contributed by atoms with van der Waals surface area (Å²) in [6.45, 7) is 0. The number of rotatable bonds is 3. The minimum Gasteiger partial charge on any atom is -0.470 e. The molecule has 10 heteroatoms. The summed E-state index contributed by atoms with van der Waals surface area (Å²) in [5.41, 5.74) is 4.64. The van der Waals surface area contributed by atoms with E-state index in [0.717, 1.165) is 25.2 Å². The molecule has 0 saturated carbocycles. The number of hydrogen-bond donors (Lipinski definition) is 2. The Morgan fingerprint density at radius 2 is 1.71 bits per heavy atom. The first-order valence-electron chi connectivity index (χ1n) is 5.38. The molecule has 0 aliphatic heterocycles. The third kappa shape index (κ3) is 4.17. The smallest absolute Gasteiger partial charge is 0.434 e. The molecule has 0 aliphatic carbocycles. The van der Waals surface area contributed by atoms with Crippen LogP contribution in [0.4, 0.5) is 32.0 Å². The number of benzene rings is 1. The first kappa shape index (κ1) is 16.9. The van der Waals surface area contributed by atoms with Crippen LogP contribution in [0.3, 0.4) is 0 Å². The van der Waals surface area contributed by atoms with Crippen molar-refractivity contribution in [3.63, 3.8) is 0 Å². The van der Waals surface area contributed by atoms with Crippen molar-refractivity contribution in [1.29, 1.82) is 0 Å². The van der Waals surface area contributed by atoms with Crippen LogP contribution in [0, 0.1) is 0 Å². The Morgan fingerprint density at radius 1 is 1.19 bits per heavy atom. The van der Waals surface area contributed by atoms with Gasteiger partial charge < -0.3 is 15.8 Å². The van der Waals surface area contributed by atoms with Crippen LogP contribution >= 0.6 is 0 Å². The molecule has 0 fully saturated rings. The van der Waals surface area contributed by atoms with E-state index >= 15 is 0 Å². The molecule has 1 rings (SSSR count). The molecule has 0 aromatic heterocycles. The lowest BCUT2D eigenvalue weighted by molar-refractivity contribution is -0.299. The maximum absolute atomic E-state index is 12.4. The zero-order chi connectivity index (χ0) is 16.4. The lowest BCUT2D eigenvalue weighted by atomic mass is 10.1. The summed E-state index contributed by atoms with van der Waals surface area (Å²) < 4.78 is 78.6. The van der Waals surface area contributed by atoms with E-state index in [1.165, 1.54) is 0 Å². The van der Waals surface area contributed by atoms with E-state index in [-0.39, 0.29) is 5.69 Å². The highest BCUT2D eigenvalue weighted by Gasteiger charge is 2.59. The monoisotopic (exact) mass is 316 g/mol. The average Bonchev–Trinajstić information content (AvgIpc) is 2.32. The standard InChI is InChI=1S/C11H10F6N2O2/c1-19-8(20)6-3-2-5(18)4-7(6)21-9(10(12,13)14)11(15,16)17/h2-4,9H,18H2,1H3,(H,19,20). The first-order chi connectivity index (χ1) is 9.46. The Bertz CT molecular complexity index is 512. The molecule has 118 valence electrons. The zero-order valence-corrected chi connectivity index (χ0v) is 10.5. The molecule has 1 amide bonds. The van der Waals surface area contributed by atoms with E-state index in [1.54, 1.807) is 0 Å². The molecule has 0 heterocycles. The Labute approximate surface area is 114 Å². The molecule has 0 atom stereocenters. The van der Waals surface area contributed by atoms with Gasteiger partial charge in [0.1, 0.15) is 5.75 Å². The quantitative estimate of drug-likeness (QED) is 0.665. The van der Waals surface area contributed by atoms with Gasteiger partial charge in [0, 0.05) is 18.8 Å². The summed E-state index contributed by atoms with van der Waals surface area (Å²) in [5, 5.41) is 2.07. The van der Waals surface area contributed by atoms with Gasteiger partial charge in [-0.1, -0.05) is 0 Å². The van der Waals surface area contributed by atoms with Crippen molar-refractivity contribution < 1.29 is 35.9 Å². The molecule has 0 radical (unpaired) electrons. The van der Waals surface area contributed by atoms with Crippen LogP contribution in [-0.2, 0) is 0 Å². The second-order valence-corrected chi connectivity index (χ2v) is 3.92. The Kier molecular flexibility index (Phi) is 4.59. The van der Waals surface area contributed by atoms with Crippen molar-refractivity contribution in [2.75, 3.05) is 12.8 Å². The molecule has 21 heavy (non-hydrogen) atoms. The largest absolute Gasteiger partial charge is 0.470 e. The molecule has 4 nitrogen and oxygen atoms in total. The van der Waals surface area contributed by atoms with Gasteiger partial charge >= 0.3 is 12.4 Å². The van der Waals surface area contributed by atoms with Crippen molar-refractivity contribution in [3.05, 3.63) is 23.8 Å². The average molecular weight is 316 g/mol. The minimum atomic E-state index is -5.69. The van der Waals surface area contributed by atoms with Crippen molar-refractivity contribution in [3.8, 4) is 5.75 Å². The number of nitrogen functional groups attached to an aromatic ring is 1. The van der Waals surface area contributed by atoms with Gasteiger partial charge in [0.25, 0.3) is 12.0 Å². The first-order valence-corrected chi connectivity index (χ1v) is 5.38. The van der Waals surface area contributed by atoms with Gasteiger partial charge in [0.2, 0.25) is 0 Å². The van der Waals surface area contributed by atoms with Crippen LogP contribution in [0.1, 0.15) is 10.4 Å². The van der Waals surface area contributed by atoms with Crippen LogP contribution in [0.15, 0.2) is 18.2 Å². The summed E-state index contributed by atoms with van der Waals surface area (Å²) in [7, 11) is 1.16. The van der Waals surface area contributed by atoms with E-state index in [9.17, 15) is 31.1 Å². The molecular weight excluding hydrogens is 306 g/mol. The fourth-order valence-corrected chi connectivity index (χ4v) is 1.40. The zero-order valence-electron chi connectivity index (χ0n) is 10.5. The second kappa shape index (κ2) is 5.70. The molecule has 1 aromatic carbocycles. The minimum absolute atomic E-state index is 0.152. The van der Waals surface area contributed by atoms with Gasteiger partial charge in [0.05, 0.1) is 5.56 Å². The van der Waals surface area contributed by atoms with Gasteiger partial charge in [-0.05, 0) is 12.1 Å². The Morgan fingerprint density at radius 3 is 2.14 bits per heavy atom. The number of alkyl halides is 6. The number of ether oxygens (including phenoxy) is 1. The van der Waals surface area contributed by atoms with Crippen molar-refractivity contribution in [2.45, 2.75) is 18.5 Å². The molecule has 0 bridgehead atoms. The number of halogens is 6. The molecule has 0 aliphatic rings. The molecule has 0 unspecified atom stereocenters. The second-order valence-electron chi connectivity index (χ2n) is 3.92. The third-order valence-corrected chi connectivity index (χ3v) is 2.32. The van der Waals surface area contributed by atoms with Gasteiger partial charge in [-0.15, -0.1) is 0 Å². The molecular formula is C11H10F6N2O2. The van der Waals surface area contributed by atoms with Gasteiger partial charge in [-0.25, -0.2) is 0 Å². The van der Waals surface area contributed by atoms with Crippen LogP contribution in [0.2, 0.25) is 0 Å². The maximum Gasteiger partial charge on any atom is 0.434 e. The van der Waals surface area contributed by atoms with Gasteiger partial charge in [0.15, 0.2) is 0 Å². The van der Waals surface area contributed by atoms with Crippen LogP contribution < -0.4 is 15.8 Å². The summed E-state index contributed by atoms with van der Waals surface area (Å²) in [5.74, 6) is -1.82. The summed E-state index contributed by atoms with van der Waals surface area (Å²) >= 11 is 0. The maximum atomic E-state index is 12.4. The van der Waals surface area contributed by atoms with Crippen LogP contribution in [0.5, 0.6) is 5.75 Å².